The van der Waals surface area contributed by atoms with E-state index in [4.69, 9.17) is 18.9 Å². The van der Waals surface area contributed by atoms with Gasteiger partial charge in [-0.2, -0.15) is 0 Å². The maximum absolute atomic E-state index is 13.3. The van der Waals surface area contributed by atoms with Crippen molar-refractivity contribution in [3.05, 3.63) is 146 Å². The number of allylic oxidation sites excluding steroid dienone is 24. The molecular formula is C75H123NO13. The van der Waals surface area contributed by atoms with E-state index in [0.29, 0.717) is 12.8 Å². The largest absolute Gasteiger partial charge is 0.394 e. The highest BCUT2D eigenvalue weighted by Gasteiger charge is 2.51. The molecule has 0 spiro atoms. The lowest BCUT2D eigenvalue weighted by Gasteiger charge is -2.46. The first-order chi connectivity index (χ1) is 43.6. The van der Waals surface area contributed by atoms with Gasteiger partial charge in [0.2, 0.25) is 5.91 Å². The molecule has 2 heterocycles. The van der Waals surface area contributed by atoms with Crippen molar-refractivity contribution in [1.29, 1.82) is 0 Å². The molecule has 2 saturated heterocycles. The molecule has 9 N–H and O–H groups in total. The van der Waals surface area contributed by atoms with Gasteiger partial charge in [0.15, 0.2) is 12.6 Å². The second-order valence-corrected chi connectivity index (χ2v) is 23.6. The maximum atomic E-state index is 13.3. The van der Waals surface area contributed by atoms with Crippen molar-refractivity contribution in [2.45, 2.75) is 299 Å². The Morgan fingerprint density at radius 1 is 0.416 bits per heavy atom. The fraction of sp³-hybridized carbons (Fsp3) is 0.667. The van der Waals surface area contributed by atoms with Crippen molar-refractivity contribution in [2.24, 2.45) is 0 Å². The minimum absolute atomic E-state index is 0.237. The summed E-state index contributed by atoms with van der Waals surface area (Å²) in [6.45, 7) is 2.71. The van der Waals surface area contributed by atoms with Gasteiger partial charge in [0, 0.05) is 6.42 Å². The van der Waals surface area contributed by atoms with E-state index < -0.39 is 86.8 Å². The lowest BCUT2D eigenvalue weighted by molar-refractivity contribution is -0.359. The van der Waals surface area contributed by atoms with Crippen molar-refractivity contribution < 1.29 is 64.6 Å². The molecule has 12 atom stereocenters. The molecule has 506 valence electrons. The van der Waals surface area contributed by atoms with Crippen LogP contribution in [0, 0.1) is 0 Å². The van der Waals surface area contributed by atoms with Crippen LogP contribution >= 0.6 is 0 Å². The highest BCUT2D eigenvalue weighted by molar-refractivity contribution is 5.76. The minimum Gasteiger partial charge on any atom is -0.394 e. The summed E-state index contributed by atoms with van der Waals surface area (Å²) < 4.78 is 22.8. The number of ether oxygens (including phenoxy) is 4. The fourth-order valence-electron chi connectivity index (χ4n) is 10.3. The third kappa shape index (κ3) is 41.9. The van der Waals surface area contributed by atoms with Gasteiger partial charge >= 0.3 is 0 Å². The molecule has 12 unspecified atom stereocenters. The van der Waals surface area contributed by atoms with Crippen LogP contribution in [0.25, 0.3) is 0 Å². The molecule has 0 aliphatic carbocycles. The Morgan fingerprint density at radius 2 is 0.775 bits per heavy atom. The van der Waals surface area contributed by atoms with E-state index in [0.717, 1.165) is 128 Å². The first kappa shape index (κ1) is 81.0. The van der Waals surface area contributed by atoms with Crippen molar-refractivity contribution in [2.75, 3.05) is 19.8 Å². The number of amides is 1. The van der Waals surface area contributed by atoms with Crippen LogP contribution in [-0.4, -0.2) is 140 Å². The zero-order chi connectivity index (χ0) is 64.5. The van der Waals surface area contributed by atoms with Gasteiger partial charge in [-0.3, -0.25) is 4.79 Å². The number of nitrogens with one attached hydrogen (secondary N) is 1. The zero-order valence-corrected chi connectivity index (χ0v) is 54.9. The van der Waals surface area contributed by atoms with Crippen LogP contribution in [0.1, 0.15) is 226 Å². The topological polar surface area (TPSA) is 228 Å². The Bertz CT molecular complexity index is 2050. The van der Waals surface area contributed by atoms with Crippen LogP contribution in [0.4, 0.5) is 0 Å². The monoisotopic (exact) mass is 1250 g/mol. The Balaban J connectivity index is 1.64. The van der Waals surface area contributed by atoms with Gasteiger partial charge in [0.1, 0.15) is 48.8 Å². The predicted molar refractivity (Wildman–Crippen MR) is 364 cm³/mol. The van der Waals surface area contributed by atoms with Crippen LogP contribution < -0.4 is 5.32 Å². The van der Waals surface area contributed by atoms with E-state index in [2.05, 4.69) is 165 Å². The number of carbonyl (C=O) groups is 1. The van der Waals surface area contributed by atoms with Gasteiger partial charge in [-0.05, 0) is 103 Å². The number of aliphatic hydroxyl groups is 8. The van der Waals surface area contributed by atoms with E-state index in [-0.39, 0.29) is 18.9 Å². The van der Waals surface area contributed by atoms with Gasteiger partial charge in [0.05, 0.1) is 32.0 Å². The molecule has 0 bridgehead atoms. The SMILES string of the molecule is CC/C=C\C/C=C\C/C=C\C/C=C\C/C=C\C/C=C\C/C=C\C/C=C\C/C=C\C/C=C\C/C=C\C/C=C\CCCCCCC(=O)NC(COC1OC(CO)C(OC2OC(CO)C(O)C(O)C2O)C(O)C1O)C(O)CCCCCCCCCCCCCCCC. The average molecular weight is 1250 g/mol. The molecule has 89 heavy (non-hydrogen) atoms. The first-order valence-corrected chi connectivity index (χ1v) is 34.6. The highest BCUT2D eigenvalue weighted by Crippen LogP contribution is 2.30. The number of aliphatic hydroxyl groups excluding tert-OH is 8. The smallest absolute Gasteiger partial charge is 0.220 e. The van der Waals surface area contributed by atoms with Crippen molar-refractivity contribution in [3.63, 3.8) is 0 Å². The molecule has 0 radical (unpaired) electrons. The highest BCUT2D eigenvalue weighted by atomic mass is 16.7. The lowest BCUT2D eigenvalue weighted by Crippen LogP contribution is -2.65. The quantitative estimate of drug-likeness (QED) is 0.0204. The molecular weight excluding hydrogens is 1120 g/mol. The summed E-state index contributed by atoms with van der Waals surface area (Å²) in [4.78, 5) is 13.3. The predicted octanol–water partition coefficient (Wildman–Crippen LogP) is 14.1. The van der Waals surface area contributed by atoms with Crippen molar-refractivity contribution in [1.82, 2.24) is 5.32 Å². The Labute approximate surface area is 538 Å². The molecule has 1 amide bonds. The normalized spacial score (nSPS) is 24.0. The second kappa shape index (κ2) is 57.7. The maximum Gasteiger partial charge on any atom is 0.220 e. The summed E-state index contributed by atoms with van der Waals surface area (Å²) in [5.74, 6) is -0.237. The molecule has 0 saturated carbocycles. The summed E-state index contributed by atoms with van der Waals surface area (Å²) in [7, 11) is 0. The third-order valence-electron chi connectivity index (χ3n) is 15.8. The molecule has 0 aromatic carbocycles. The molecule has 2 aliphatic rings. The Morgan fingerprint density at radius 3 is 1.19 bits per heavy atom. The molecule has 0 aromatic heterocycles. The van der Waals surface area contributed by atoms with Crippen molar-refractivity contribution >= 4 is 5.91 Å². The molecule has 2 aliphatic heterocycles. The van der Waals surface area contributed by atoms with E-state index in [9.17, 15) is 45.6 Å². The van der Waals surface area contributed by atoms with Gasteiger partial charge in [-0.25, -0.2) is 0 Å². The van der Waals surface area contributed by atoms with Crippen LogP contribution in [0.2, 0.25) is 0 Å². The van der Waals surface area contributed by atoms with Crippen LogP contribution in [-0.2, 0) is 23.7 Å². The van der Waals surface area contributed by atoms with E-state index in [1.165, 1.54) is 64.2 Å². The minimum atomic E-state index is -1.79. The molecule has 2 rings (SSSR count). The summed E-state index contributed by atoms with van der Waals surface area (Å²) in [5.41, 5.74) is 0. The van der Waals surface area contributed by atoms with Gasteiger partial charge in [-0.1, -0.05) is 262 Å². The molecule has 14 heteroatoms. The van der Waals surface area contributed by atoms with Gasteiger partial charge in [-0.15, -0.1) is 0 Å². The number of hydrogen-bond donors (Lipinski definition) is 9. The van der Waals surface area contributed by atoms with Gasteiger partial charge in [0.25, 0.3) is 0 Å². The fourth-order valence-corrected chi connectivity index (χ4v) is 10.3. The van der Waals surface area contributed by atoms with E-state index in [1.54, 1.807) is 0 Å². The molecule has 2 fully saturated rings. The number of unbranched alkanes of at least 4 members (excludes halogenated alkanes) is 17. The van der Waals surface area contributed by atoms with Crippen LogP contribution in [0.3, 0.4) is 0 Å². The van der Waals surface area contributed by atoms with Gasteiger partial charge < -0.3 is 65.1 Å². The Hall–Kier alpha value is -4.13. The molecule has 0 aromatic rings. The third-order valence-corrected chi connectivity index (χ3v) is 15.8. The summed E-state index contributed by atoms with van der Waals surface area (Å²) >= 11 is 0. The first-order valence-electron chi connectivity index (χ1n) is 34.6. The van der Waals surface area contributed by atoms with E-state index >= 15 is 0 Å². The Kier molecular flexibility index (Phi) is 52.5. The average Bonchev–Trinajstić information content (AvgIpc) is 2.74. The van der Waals surface area contributed by atoms with Crippen molar-refractivity contribution in [3.8, 4) is 0 Å². The number of rotatable bonds is 54. The molecule has 14 nitrogen and oxygen atoms in total. The lowest BCUT2D eigenvalue weighted by atomic mass is 9.97. The zero-order valence-electron chi connectivity index (χ0n) is 54.9. The second-order valence-electron chi connectivity index (χ2n) is 23.6. The summed E-state index contributed by atoms with van der Waals surface area (Å²) in [6.07, 6.45) is 70.0. The standard InChI is InChI=1S/C75H123NO13/c1-3-5-7-9-11-13-15-17-19-20-21-22-23-24-25-26-27-28-29-30-31-32-33-34-35-36-37-38-39-40-41-42-43-44-45-47-49-51-53-55-57-59-67(80)76-63(64(79)58-56-54-52-50-48-46-18-16-14-12-10-8-6-4-2)62-86-74-72(85)70(83)73(66(61-78)88-74)89-75-71(84)69(82)68(81)65(60-77)87-75/h5,7,11,13,17,19,21-22,24-25,27-28,30-31,33-34,36-37,39-40,42-43,45,47,63-66,68-75,77-79,81-85H,3-4,6,8-10,12,14-16,18,20,23,26,29,32,35,38,41,44,46,48-62H2,1-2H3,(H,76,80)/b7-5-,13-11-,19-17-,22-21-,25-24-,28-27-,31-30-,34-33-,37-36-,40-39-,43-42-,47-45-. The number of hydrogen-bond acceptors (Lipinski definition) is 13. The van der Waals surface area contributed by atoms with E-state index in [1.807, 2.05) is 0 Å². The summed E-state index contributed by atoms with van der Waals surface area (Å²) in [5, 5.41) is 87.4. The van der Waals surface area contributed by atoms with Crippen LogP contribution in [0.5, 0.6) is 0 Å². The van der Waals surface area contributed by atoms with Crippen LogP contribution in [0.15, 0.2) is 146 Å². The summed E-state index contributed by atoms with van der Waals surface area (Å²) in [6, 6.07) is -0.853. The number of carbonyl (C=O) groups excluding carboxylic acids is 1.